The van der Waals surface area contributed by atoms with Crippen LogP contribution in [0.1, 0.15) is 11.5 Å². The standard InChI is InChI=1S/C18H14N4O6S/c19-29(25,26)14-4-1-11(2-5-14)16-6-3-12(28-16)7-15-17(23)22(18(24)21-15)9-13-8-20-10-27-13/h1-8,10H,9H2,(H,21,24)(H2,19,25,26)/b15-7+. The van der Waals surface area contributed by atoms with Crippen LogP contribution in [0.4, 0.5) is 4.79 Å². The smallest absolute Gasteiger partial charge is 0.329 e. The van der Waals surface area contributed by atoms with Gasteiger partial charge in [0, 0.05) is 11.6 Å². The highest BCUT2D eigenvalue weighted by Crippen LogP contribution is 2.25. The molecule has 148 valence electrons. The van der Waals surface area contributed by atoms with Crippen molar-refractivity contribution in [3.63, 3.8) is 0 Å². The minimum atomic E-state index is -3.78. The molecule has 10 nitrogen and oxygen atoms in total. The fourth-order valence-corrected chi connectivity index (χ4v) is 3.24. The number of carbonyl (C=O) groups excluding carboxylic acids is 2. The molecule has 3 heterocycles. The molecule has 2 aromatic heterocycles. The lowest BCUT2D eigenvalue weighted by Gasteiger charge is -2.08. The number of primary sulfonamides is 1. The van der Waals surface area contributed by atoms with Gasteiger partial charge in [-0.3, -0.25) is 9.69 Å². The van der Waals surface area contributed by atoms with Crippen molar-refractivity contribution in [2.24, 2.45) is 5.14 Å². The molecule has 11 heteroatoms. The van der Waals surface area contributed by atoms with E-state index in [2.05, 4.69) is 10.3 Å². The number of hydrogen-bond donors (Lipinski definition) is 2. The van der Waals surface area contributed by atoms with E-state index in [1.165, 1.54) is 30.8 Å². The van der Waals surface area contributed by atoms with Crippen molar-refractivity contribution in [2.45, 2.75) is 11.4 Å². The number of hydrogen-bond acceptors (Lipinski definition) is 7. The first-order chi connectivity index (χ1) is 13.8. The van der Waals surface area contributed by atoms with Crippen molar-refractivity contribution in [3.8, 4) is 11.3 Å². The van der Waals surface area contributed by atoms with Crippen molar-refractivity contribution < 1.29 is 26.8 Å². The van der Waals surface area contributed by atoms with Gasteiger partial charge in [-0.25, -0.2) is 23.3 Å². The molecule has 0 atom stereocenters. The van der Waals surface area contributed by atoms with Crippen molar-refractivity contribution in [3.05, 3.63) is 66.2 Å². The summed E-state index contributed by atoms with van der Waals surface area (Å²) in [5.41, 5.74) is 0.677. The molecule has 0 unspecified atom stereocenters. The summed E-state index contributed by atoms with van der Waals surface area (Å²) in [4.78, 5) is 29.2. The number of carbonyl (C=O) groups is 2. The Bertz CT molecular complexity index is 1210. The lowest BCUT2D eigenvalue weighted by Crippen LogP contribution is -2.30. The lowest BCUT2D eigenvalue weighted by molar-refractivity contribution is -0.123. The summed E-state index contributed by atoms with van der Waals surface area (Å²) in [6.45, 7) is -0.0399. The zero-order valence-electron chi connectivity index (χ0n) is 14.7. The Kier molecular flexibility index (Phi) is 4.53. The van der Waals surface area contributed by atoms with Gasteiger partial charge in [-0.1, -0.05) is 0 Å². The summed E-state index contributed by atoms with van der Waals surface area (Å²) in [7, 11) is -3.78. The number of sulfonamides is 1. The molecule has 1 aromatic carbocycles. The highest BCUT2D eigenvalue weighted by Gasteiger charge is 2.34. The van der Waals surface area contributed by atoms with Gasteiger partial charge in [-0.15, -0.1) is 0 Å². The summed E-state index contributed by atoms with van der Waals surface area (Å²) >= 11 is 0. The predicted molar refractivity (Wildman–Crippen MR) is 99.1 cm³/mol. The van der Waals surface area contributed by atoms with Crippen LogP contribution in [0.15, 0.2) is 68.4 Å². The number of oxazole rings is 1. The van der Waals surface area contributed by atoms with Crippen molar-refractivity contribution >= 4 is 28.0 Å². The van der Waals surface area contributed by atoms with Crippen LogP contribution in [-0.2, 0) is 21.4 Å². The van der Waals surface area contributed by atoms with E-state index in [9.17, 15) is 18.0 Å². The molecule has 3 aromatic rings. The quantitative estimate of drug-likeness (QED) is 0.476. The Labute approximate surface area is 164 Å². The maximum atomic E-state index is 12.5. The van der Waals surface area contributed by atoms with Gasteiger partial charge in [0.15, 0.2) is 6.39 Å². The molecule has 1 saturated heterocycles. The zero-order chi connectivity index (χ0) is 20.6. The first-order valence-corrected chi connectivity index (χ1v) is 9.81. The lowest BCUT2D eigenvalue weighted by atomic mass is 10.2. The molecule has 1 fully saturated rings. The Hall–Kier alpha value is -3.70. The molecule has 4 rings (SSSR count). The van der Waals surface area contributed by atoms with E-state index in [0.29, 0.717) is 22.8 Å². The second-order valence-corrected chi connectivity index (χ2v) is 7.68. The molecule has 3 N–H and O–H groups in total. The average Bonchev–Trinajstić information content (AvgIpc) is 3.40. The van der Waals surface area contributed by atoms with Gasteiger partial charge >= 0.3 is 6.03 Å². The number of amides is 3. The molecule has 0 spiro atoms. The maximum absolute atomic E-state index is 12.5. The molecule has 3 amide bonds. The largest absolute Gasteiger partial charge is 0.457 e. The minimum Gasteiger partial charge on any atom is -0.457 e. The van der Waals surface area contributed by atoms with Gasteiger partial charge in [0.1, 0.15) is 23.0 Å². The third kappa shape index (κ3) is 3.81. The Balaban J connectivity index is 1.53. The fraction of sp³-hybridized carbons (Fsp3) is 0.0556. The summed E-state index contributed by atoms with van der Waals surface area (Å²) < 4.78 is 33.4. The molecule has 0 radical (unpaired) electrons. The van der Waals surface area contributed by atoms with Gasteiger partial charge in [-0.05, 0) is 36.4 Å². The Morgan fingerprint density at radius 2 is 1.90 bits per heavy atom. The number of nitrogens with two attached hydrogens (primary N) is 1. The van der Waals surface area contributed by atoms with E-state index in [1.807, 2.05) is 0 Å². The Morgan fingerprint density at radius 3 is 2.55 bits per heavy atom. The third-order valence-electron chi connectivity index (χ3n) is 4.14. The second-order valence-electron chi connectivity index (χ2n) is 6.12. The van der Waals surface area contributed by atoms with Crippen LogP contribution in [0.25, 0.3) is 17.4 Å². The topological polar surface area (TPSA) is 149 Å². The van der Waals surface area contributed by atoms with Crippen LogP contribution >= 0.6 is 0 Å². The number of rotatable bonds is 5. The zero-order valence-corrected chi connectivity index (χ0v) is 15.5. The first-order valence-electron chi connectivity index (χ1n) is 8.26. The highest BCUT2D eigenvalue weighted by atomic mass is 32.2. The van der Waals surface area contributed by atoms with Gasteiger partial charge in [0.2, 0.25) is 10.0 Å². The summed E-state index contributed by atoms with van der Waals surface area (Å²) in [6, 6.07) is 8.54. The number of urea groups is 1. The highest BCUT2D eigenvalue weighted by molar-refractivity contribution is 7.89. The van der Waals surface area contributed by atoms with Gasteiger partial charge in [0.05, 0.1) is 17.6 Å². The number of furan rings is 1. The van der Waals surface area contributed by atoms with Crippen LogP contribution in [0, 0.1) is 0 Å². The van der Waals surface area contributed by atoms with Crippen molar-refractivity contribution in [1.82, 2.24) is 15.2 Å². The van der Waals surface area contributed by atoms with Crippen LogP contribution in [-0.4, -0.2) is 30.2 Å². The maximum Gasteiger partial charge on any atom is 0.329 e. The van der Waals surface area contributed by atoms with Gasteiger partial charge in [0.25, 0.3) is 5.91 Å². The molecule has 29 heavy (non-hydrogen) atoms. The van der Waals surface area contributed by atoms with Crippen LogP contribution in [0.2, 0.25) is 0 Å². The van der Waals surface area contributed by atoms with Crippen LogP contribution in [0.3, 0.4) is 0 Å². The number of nitrogens with zero attached hydrogens (tertiary/aromatic N) is 2. The predicted octanol–water partition coefficient (Wildman–Crippen LogP) is 1.67. The molecule has 1 aliphatic heterocycles. The summed E-state index contributed by atoms with van der Waals surface area (Å²) in [5, 5.41) is 7.56. The average molecular weight is 414 g/mol. The monoisotopic (exact) mass is 414 g/mol. The second kappa shape index (κ2) is 7.04. The summed E-state index contributed by atoms with van der Waals surface area (Å²) in [6.07, 6.45) is 4.04. The minimum absolute atomic E-state index is 0.0127. The normalized spacial score (nSPS) is 15.9. The molecular formula is C18H14N4O6S. The van der Waals surface area contributed by atoms with E-state index >= 15 is 0 Å². The Morgan fingerprint density at radius 1 is 1.14 bits per heavy atom. The molecule has 0 aliphatic carbocycles. The van der Waals surface area contributed by atoms with E-state index < -0.39 is 22.0 Å². The van der Waals surface area contributed by atoms with E-state index in [0.717, 1.165) is 4.90 Å². The molecule has 1 aliphatic rings. The van der Waals surface area contributed by atoms with E-state index in [1.54, 1.807) is 24.3 Å². The number of aromatic nitrogens is 1. The third-order valence-corrected chi connectivity index (χ3v) is 5.07. The van der Waals surface area contributed by atoms with Gasteiger partial charge < -0.3 is 14.2 Å². The number of nitrogens with one attached hydrogen (secondary N) is 1. The SMILES string of the molecule is NS(=O)(=O)c1ccc(-c2ccc(/C=C3/NC(=O)N(Cc4cnco4)C3=O)o2)cc1. The van der Waals surface area contributed by atoms with Crippen LogP contribution < -0.4 is 10.5 Å². The summed E-state index contributed by atoms with van der Waals surface area (Å²) in [5.74, 6) is 0.633. The van der Waals surface area contributed by atoms with Crippen molar-refractivity contribution in [2.75, 3.05) is 0 Å². The number of imide groups is 1. The van der Waals surface area contributed by atoms with Crippen molar-refractivity contribution in [1.29, 1.82) is 0 Å². The molecular weight excluding hydrogens is 400 g/mol. The fourth-order valence-electron chi connectivity index (χ4n) is 2.73. The van der Waals surface area contributed by atoms with Crippen LogP contribution in [0.5, 0.6) is 0 Å². The molecule has 0 bridgehead atoms. The van der Waals surface area contributed by atoms with Gasteiger partial charge in [-0.2, -0.15) is 0 Å². The number of benzene rings is 1. The van der Waals surface area contributed by atoms with E-state index in [4.69, 9.17) is 14.0 Å². The first kappa shape index (κ1) is 18.7. The molecule has 0 saturated carbocycles. The van der Waals surface area contributed by atoms with E-state index in [-0.39, 0.29) is 17.1 Å².